The number of nitrogens with zero attached hydrogens (tertiary/aromatic N) is 1. The minimum absolute atomic E-state index is 0.459. The van der Waals surface area contributed by atoms with Gasteiger partial charge in [0.15, 0.2) is 0 Å². The highest BCUT2D eigenvalue weighted by Crippen LogP contribution is 2.23. The maximum absolute atomic E-state index is 11.3. The van der Waals surface area contributed by atoms with Gasteiger partial charge in [-0.2, -0.15) is 5.10 Å². The molecule has 0 fully saturated rings. The fraction of sp³-hybridized carbons (Fsp3) is 0.0909. The molecule has 2 rings (SSSR count). The number of aromatic amines is 1. The molecule has 5 heteroatoms. The van der Waals surface area contributed by atoms with Crippen LogP contribution in [0.4, 0.5) is 0 Å². The molecule has 2 aromatic rings. The molecule has 16 heavy (non-hydrogen) atoms. The van der Waals surface area contributed by atoms with Gasteiger partial charge in [-0.25, -0.2) is 0 Å². The Hall–Kier alpha value is -1.37. The van der Waals surface area contributed by atoms with E-state index < -0.39 is 5.91 Å². The van der Waals surface area contributed by atoms with Gasteiger partial charge in [0.25, 0.3) is 5.91 Å². The number of carbonyl (C=O) groups excluding carboxylic acids is 1. The summed E-state index contributed by atoms with van der Waals surface area (Å²) in [6, 6.07) is 7.77. The summed E-state index contributed by atoms with van der Waals surface area (Å²) < 4.78 is 1.13. The summed E-state index contributed by atoms with van der Waals surface area (Å²) in [5.74, 6) is -0.459. The van der Waals surface area contributed by atoms with Gasteiger partial charge >= 0.3 is 0 Å². The van der Waals surface area contributed by atoms with Crippen LogP contribution in [0, 0.1) is 10.5 Å². The maximum Gasteiger partial charge on any atom is 0.252 e. The first kappa shape index (κ1) is 11.1. The van der Waals surface area contributed by atoms with Crippen LogP contribution in [0.25, 0.3) is 11.3 Å². The Morgan fingerprint density at radius 2 is 2.00 bits per heavy atom. The van der Waals surface area contributed by atoms with Crippen LogP contribution < -0.4 is 5.73 Å². The minimum atomic E-state index is -0.459. The molecule has 0 radical (unpaired) electrons. The Labute approximate surface area is 106 Å². The van der Waals surface area contributed by atoms with Gasteiger partial charge in [-0.1, -0.05) is 12.1 Å². The summed E-state index contributed by atoms with van der Waals surface area (Å²) in [6.07, 6.45) is 0. The summed E-state index contributed by atoms with van der Waals surface area (Å²) in [6.45, 7) is 1.78. The van der Waals surface area contributed by atoms with E-state index in [9.17, 15) is 4.79 Å². The predicted molar refractivity (Wildman–Crippen MR) is 70.0 cm³/mol. The van der Waals surface area contributed by atoms with Crippen LogP contribution in [0.1, 0.15) is 16.1 Å². The number of aromatic nitrogens is 2. The number of carbonyl (C=O) groups is 1. The standard InChI is InChI=1S/C11H10IN3O/c1-6-9(11(13)16)10(15-14-6)7-2-4-8(12)5-3-7/h2-5H,1H3,(H2,13,16)(H,14,15). The molecule has 1 aromatic carbocycles. The lowest BCUT2D eigenvalue weighted by atomic mass is 10.1. The average Bonchev–Trinajstić information content (AvgIpc) is 2.61. The molecule has 3 N–H and O–H groups in total. The van der Waals surface area contributed by atoms with Crippen LogP contribution >= 0.6 is 22.6 Å². The maximum atomic E-state index is 11.3. The Balaban J connectivity index is 2.56. The molecule has 1 amide bonds. The van der Waals surface area contributed by atoms with Crippen LogP contribution in [0.5, 0.6) is 0 Å². The second-order valence-electron chi connectivity index (χ2n) is 3.44. The van der Waals surface area contributed by atoms with E-state index in [0.717, 1.165) is 9.13 Å². The van der Waals surface area contributed by atoms with E-state index in [1.54, 1.807) is 6.92 Å². The highest BCUT2D eigenvalue weighted by molar-refractivity contribution is 14.1. The Morgan fingerprint density at radius 1 is 1.38 bits per heavy atom. The molecular weight excluding hydrogens is 317 g/mol. The molecule has 0 saturated carbocycles. The van der Waals surface area contributed by atoms with Crippen molar-refractivity contribution in [3.05, 3.63) is 39.1 Å². The van der Waals surface area contributed by atoms with Gasteiger partial charge < -0.3 is 5.73 Å². The third-order valence-corrected chi connectivity index (χ3v) is 3.03. The molecule has 0 aliphatic rings. The molecule has 0 spiro atoms. The number of halogens is 1. The topological polar surface area (TPSA) is 71.8 Å². The van der Waals surface area contributed by atoms with E-state index in [1.165, 1.54) is 0 Å². The zero-order valence-corrected chi connectivity index (χ0v) is 10.8. The molecule has 0 aliphatic heterocycles. The summed E-state index contributed by atoms with van der Waals surface area (Å²) in [5, 5.41) is 6.89. The fourth-order valence-electron chi connectivity index (χ4n) is 1.55. The second-order valence-corrected chi connectivity index (χ2v) is 4.69. The number of rotatable bonds is 2. The van der Waals surface area contributed by atoms with Crippen LogP contribution in [0.3, 0.4) is 0 Å². The zero-order chi connectivity index (χ0) is 11.7. The molecule has 0 aliphatic carbocycles. The highest BCUT2D eigenvalue weighted by Gasteiger charge is 2.16. The van der Waals surface area contributed by atoms with Gasteiger partial charge in [-0.3, -0.25) is 9.89 Å². The van der Waals surface area contributed by atoms with Crippen LogP contribution in [-0.2, 0) is 0 Å². The molecule has 0 bridgehead atoms. The molecule has 1 heterocycles. The second kappa shape index (κ2) is 4.25. The van der Waals surface area contributed by atoms with Crippen LogP contribution in [-0.4, -0.2) is 16.1 Å². The van der Waals surface area contributed by atoms with Crippen molar-refractivity contribution in [2.45, 2.75) is 6.92 Å². The van der Waals surface area contributed by atoms with Crippen molar-refractivity contribution in [2.24, 2.45) is 5.73 Å². The van der Waals surface area contributed by atoms with Gasteiger partial charge in [0.2, 0.25) is 0 Å². The molecule has 0 saturated heterocycles. The van der Waals surface area contributed by atoms with Gasteiger partial charge in [0, 0.05) is 14.8 Å². The first-order valence-electron chi connectivity index (χ1n) is 4.70. The van der Waals surface area contributed by atoms with E-state index >= 15 is 0 Å². The monoisotopic (exact) mass is 327 g/mol. The van der Waals surface area contributed by atoms with Crippen molar-refractivity contribution >= 4 is 28.5 Å². The highest BCUT2D eigenvalue weighted by atomic mass is 127. The first-order chi connectivity index (χ1) is 7.59. The number of H-pyrrole nitrogens is 1. The summed E-state index contributed by atoms with van der Waals surface area (Å²) in [5.41, 5.74) is 7.98. The SMILES string of the molecule is Cc1[nH]nc(-c2ccc(I)cc2)c1C(N)=O. The molecule has 1 aromatic heterocycles. The Bertz CT molecular complexity index is 531. The minimum Gasteiger partial charge on any atom is -0.365 e. The van der Waals surface area contributed by atoms with Crippen molar-refractivity contribution in [1.29, 1.82) is 0 Å². The van der Waals surface area contributed by atoms with Crippen LogP contribution in [0.15, 0.2) is 24.3 Å². The van der Waals surface area contributed by atoms with Crippen molar-refractivity contribution in [3.63, 3.8) is 0 Å². The first-order valence-corrected chi connectivity index (χ1v) is 5.78. The molecule has 4 nitrogen and oxygen atoms in total. The molecule has 82 valence electrons. The Kier molecular flexibility index (Phi) is 2.95. The number of benzene rings is 1. The molecule has 0 unspecified atom stereocenters. The zero-order valence-electron chi connectivity index (χ0n) is 8.62. The number of hydrogen-bond donors (Lipinski definition) is 2. The number of nitrogens with two attached hydrogens (primary N) is 1. The van der Waals surface area contributed by atoms with Gasteiger partial charge in [0.05, 0.1) is 5.56 Å². The lowest BCUT2D eigenvalue weighted by Gasteiger charge is -2.00. The number of amides is 1. The van der Waals surface area contributed by atoms with Gasteiger partial charge in [-0.15, -0.1) is 0 Å². The lowest BCUT2D eigenvalue weighted by Crippen LogP contribution is -2.12. The van der Waals surface area contributed by atoms with Crippen molar-refractivity contribution in [3.8, 4) is 11.3 Å². The van der Waals surface area contributed by atoms with Gasteiger partial charge in [-0.05, 0) is 41.6 Å². The predicted octanol–water partition coefficient (Wildman–Crippen LogP) is 2.09. The molecular formula is C11H10IN3O. The lowest BCUT2D eigenvalue weighted by molar-refractivity contribution is 0.100. The fourth-order valence-corrected chi connectivity index (χ4v) is 1.91. The van der Waals surface area contributed by atoms with Crippen molar-refractivity contribution < 1.29 is 4.79 Å². The van der Waals surface area contributed by atoms with E-state index in [4.69, 9.17) is 5.73 Å². The quantitative estimate of drug-likeness (QED) is 0.829. The number of aryl methyl sites for hydroxylation is 1. The van der Waals surface area contributed by atoms with Crippen LogP contribution in [0.2, 0.25) is 0 Å². The number of nitrogens with one attached hydrogen (secondary N) is 1. The summed E-state index contributed by atoms with van der Waals surface area (Å²) in [4.78, 5) is 11.3. The number of primary amides is 1. The molecule has 0 atom stereocenters. The van der Waals surface area contributed by atoms with Crippen molar-refractivity contribution in [1.82, 2.24) is 10.2 Å². The van der Waals surface area contributed by atoms with E-state index in [1.807, 2.05) is 24.3 Å². The van der Waals surface area contributed by atoms with E-state index in [2.05, 4.69) is 32.8 Å². The summed E-state index contributed by atoms with van der Waals surface area (Å²) in [7, 11) is 0. The number of hydrogen-bond acceptors (Lipinski definition) is 2. The average molecular weight is 327 g/mol. The van der Waals surface area contributed by atoms with E-state index in [-0.39, 0.29) is 0 Å². The van der Waals surface area contributed by atoms with Crippen molar-refractivity contribution in [2.75, 3.05) is 0 Å². The smallest absolute Gasteiger partial charge is 0.252 e. The third-order valence-electron chi connectivity index (χ3n) is 2.31. The van der Waals surface area contributed by atoms with E-state index in [0.29, 0.717) is 17.0 Å². The summed E-state index contributed by atoms with van der Waals surface area (Å²) >= 11 is 2.22. The third kappa shape index (κ3) is 1.95. The largest absolute Gasteiger partial charge is 0.365 e. The normalized spacial score (nSPS) is 10.4. The Morgan fingerprint density at radius 3 is 2.56 bits per heavy atom. The van der Waals surface area contributed by atoms with Gasteiger partial charge in [0.1, 0.15) is 5.69 Å².